The quantitative estimate of drug-likeness (QED) is 0.629. The van der Waals surface area contributed by atoms with Crippen molar-refractivity contribution < 1.29 is 24.2 Å². The number of methoxy groups -OCH3 is 1. The molecule has 6 nitrogen and oxygen atoms in total. The lowest BCUT2D eigenvalue weighted by Crippen LogP contribution is -2.31. The van der Waals surface area contributed by atoms with Gasteiger partial charge in [0, 0.05) is 5.56 Å². The Morgan fingerprint density at radius 3 is 2.20 bits per heavy atom. The zero-order chi connectivity index (χ0) is 21.1. The van der Waals surface area contributed by atoms with Crippen LogP contribution in [0.15, 0.2) is 84.6 Å². The molecule has 1 N–H and O–H groups in total. The Hall–Kier alpha value is -4.06. The lowest BCUT2D eigenvalue weighted by Gasteiger charge is -2.16. The van der Waals surface area contributed by atoms with Gasteiger partial charge in [-0.2, -0.15) is 0 Å². The van der Waals surface area contributed by atoms with Crippen LogP contribution in [0.5, 0.6) is 11.5 Å². The fourth-order valence-corrected chi connectivity index (χ4v) is 3.28. The largest absolute Gasteiger partial charge is 0.502 e. The van der Waals surface area contributed by atoms with Crippen LogP contribution in [0.2, 0.25) is 0 Å². The second-order valence-electron chi connectivity index (χ2n) is 6.64. The normalized spacial score (nSPS) is 13.7. The summed E-state index contributed by atoms with van der Waals surface area (Å²) in [5, 5.41) is 10.4. The number of carbonyl (C=O) groups is 2. The molecule has 6 heteroatoms. The van der Waals surface area contributed by atoms with Crippen LogP contribution in [-0.4, -0.2) is 24.0 Å². The third kappa shape index (κ3) is 3.51. The van der Waals surface area contributed by atoms with Gasteiger partial charge < -0.3 is 14.6 Å². The van der Waals surface area contributed by atoms with Crippen molar-refractivity contribution >= 4 is 23.1 Å². The van der Waals surface area contributed by atoms with Crippen LogP contribution in [0.25, 0.3) is 5.57 Å². The number of benzene rings is 3. The van der Waals surface area contributed by atoms with E-state index in [1.54, 1.807) is 48.5 Å². The smallest absolute Gasteiger partial charge is 0.301 e. The molecule has 0 atom stereocenters. The molecule has 3 aromatic carbocycles. The first-order valence-corrected chi connectivity index (χ1v) is 9.32. The van der Waals surface area contributed by atoms with E-state index >= 15 is 0 Å². The van der Waals surface area contributed by atoms with Crippen molar-refractivity contribution in [1.82, 2.24) is 0 Å². The molecular formula is C24H19NO5. The number of para-hydroxylation sites is 1. The van der Waals surface area contributed by atoms with Gasteiger partial charge in [0.05, 0.1) is 18.4 Å². The summed E-state index contributed by atoms with van der Waals surface area (Å²) in [5.74, 6) is -0.997. The number of hydrogen-bond donors (Lipinski definition) is 1. The molecule has 0 bridgehead atoms. The molecule has 3 aromatic rings. The Morgan fingerprint density at radius 2 is 1.50 bits per heavy atom. The summed E-state index contributed by atoms with van der Waals surface area (Å²) >= 11 is 0. The van der Waals surface area contributed by atoms with Crippen molar-refractivity contribution in [2.24, 2.45) is 0 Å². The molecule has 0 fully saturated rings. The zero-order valence-corrected chi connectivity index (χ0v) is 16.2. The third-order valence-corrected chi connectivity index (χ3v) is 4.78. The second kappa shape index (κ2) is 8.13. The number of anilines is 1. The first-order valence-electron chi connectivity index (χ1n) is 9.32. The van der Waals surface area contributed by atoms with Crippen molar-refractivity contribution in [3.05, 3.63) is 95.7 Å². The first kappa shape index (κ1) is 19.3. The summed E-state index contributed by atoms with van der Waals surface area (Å²) in [6.07, 6.45) is 0. The predicted octanol–water partition coefficient (Wildman–Crippen LogP) is 4.12. The molecule has 0 unspecified atom stereocenters. The van der Waals surface area contributed by atoms with Crippen LogP contribution in [0.3, 0.4) is 0 Å². The lowest BCUT2D eigenvalue weighted by atomic mass is 10.0. The molecule has 0 spiro atoms. The number of ether oxygens (including phenoxy) is 2. The number of amides is 2. The number of rotatable bonds is 6. The average Bonchev–Trinajstić information content (AvgIpc) is 3.01. The Kier molecular flexibility index (Phi) is 5.22. The zero-order valence-electron chi connectivity index (χ0n) is 16.2. The minimum Gasteiger partial charge on any atom is -0.502 e. The topological polar surface area (TPSA) is 76.1 Å². The number of aliphatic hydroxyl groups is 1. The fraction of sp³-hybridized carbons (Fsp3) is 0.0833. The van der Waals surface area contributed by atoms with E-state index < -0.39 is 17.6 Å². The Labute approximate surface area is 173 Å². The van der Waals surface area contributed by atoms with E-state index in [1.807, 2.05) is 30.3 Å². The second-order valence-corrected chi connectivity index (χ2v) is 6.64. The molecule has 1 aliphatic heterocycles. The van der Waals surface area contributed by atoms with Gasteiger partial charge in [0.2, 0.25) is 0 Å². The number of nitrogens with zero attached hydrogens (tertiary/aromatic N) is 1. The molecular weight excluding hydrogens is 382 g/mol. The summed E-state index contributed by atoms with van der Waals surface area (Å²) in [4.78, 5) is 26.6. The van der Waals surface area contributed by atoms with Gasteiger partial charge in [-0.05, 0) is 35.9 Å². The highest BCUT2D eigenvalue weighted by atomic mass is 16.5. The van der Waals surface area contributed by atoms with E-state index in [4.69, 9.17) is 9.47 Å². The van der Waals surface area contributed by atoms with E-state index in [-0.39, 0.29) is 5.57 Å². The van der Waals surface area contributed by atoms with Crippen LogP contribution < -0.4 is 14.4 Å². The Balaban J connectivity index is 1.55. The van der Waals surface area contributed by atoms with Crippen LogP contribution in [-0.2, 0) is 16.2 Å². The van der Waals surface area contributed by atoms with E-state index in [0.717, 1.165) is 10.5 Å². The number of imide groups is 1. The molecule has 30 heavy (non-hydrogen) atoms. The molecule has 0 aromatic heterocycles. The maximum Gasteiger partial charge on any atom is 0.301 e. The van der Waals surface area contributed by atoms with Gasteiger partial charge in [0.25, 0.3) is 5.91 Å². The maximum atomic E-state index is 13.0. The summed E-state index contributed by atoms with van der Waals surface area (Å²) in [6, 6.07) is 23.0. The highest BCUT2D eigenvalue weighted by Crippen LogP contribution is 2.36. The van der Waals surface area contributed by atoms with Crippen LogP contribution >= 0.6 is 0 Å². The molecule has 4 rings (SSSR count). The minimum absolute atomic E-state index is 0.0816. The Morgan fingerprint density at radius 1 is 0.833 bits per heavy atom. The van der Waals surface area contributed by atoms with Gasteiger partial charge in [-0.1, -0.05) is 48.5 Å². The summed E-state index contributed by atoms with van der Waals surface area (Å²) in [7, 11) is 1.46. The number of aliphatic hydroxyl groups excluding tert-OH is 1. The molecule has 1 aliphatic rings. The number of carbonyl (C=O) groups excluding carboxylic acids is 2. The van der Waals surface area contributed by atoms with Crippen LogP contribution in [0.4, 0.5) is 5.69 Å². The van der Waals surface area contributed by atoms with Crippen molar-refractivity contribution in [1.29, 1.82) is 0 Å². The molecule has 0 saturated heterocycles. The standard InChI is InChI=1S/C24H19NO5/c1-29-20-10-6-5-9-19(20)21-22(26)24(28)25(23(21)27)17-11-13-18(14-12-17)30-15-16-7-3-2-4-8-16/h2-14,26H,15H2,1H3. The summed E-state index contributed by atoms with van der Waals surface area (Å²) < 4.78 is 11.0. The molecule has 150 valence electrons. The van der Waals surface area contributed by atoms with Gasteiger partial charge in [0.15, 0.2) is 5.76 Å². The SMILES string of the molecule is COc1ccccc1C1=C(O)C(=O)N(c2ccc(OCc3ccccc3)cc2)C1=O. The maximum absolute atomic E-state index is 13.0. The molecule has 2 amide bonds. The van der Waals surface area contributed by atoms with Crippen molar-refractivity contribution in [3.63, 3.8) is 0 Å². The summed E-state index contributed by atoms with van der Waals surface area (Å²) in [6.45, 7) is 0.405. The van der Waals surface area contributed by atoms with Crippen molar-refractivity contribution in [3.8, 4) is 11.5 Å². The van der Waals surface area contributed by atoms with Crippen LogP contribution in [0.1, 0.15) is 11.1 Å². The Bertz CT molecular complexity index is 1120. The highest BCUT2D eigenvalue weighted by Gasteiger charge is 2.41. The third-order valence-electron chi connectivity index (χ3n) is 4.78. The molecule has 1 heterocycles. The average molecular weight is 401 g/mol. The van der Waals surface area contributed by atoms with Gasteiger partial charge in [-0.15, -0.1) is 0 Å². The molecule has 0 saturated carbocycles. The van der Waals surface area contributed by atoms with Crippen molar-refractivity contribution in [2.45, 2.75) is 6.61 Å². The first-order chi connectivity index (χ1) is 14.6. The van der Waals surface area contributed by atoms with E-state index in [9.17, 15) is 14.7 Å². The highest BCUT2D eigenvalue weighted by molar-refractivity contribution is 6.45. The van der Waals surface area contributed by atoms with E-state index in [0.29, 0.717) is 29.4 Å². The minimum atomic E-state index is -0.779. The van der Waals surface area contributed by atoms with Gasteiger partial charge >= 0.3 is 5.91 Å². The molecule has 0 radical (unpaired) electrons. The van der Waals surface area contributed by atoms with Gasteiger partial charge in [-0.25, -0.2) is 4.90 Å². The predicted molar refractivity (Wildman–Crippen MR) is 112 cm³/mol. The lowest BCUT2D eigenvalue weighted by molar-refractivity contribution is -0.121. The van der Waals surface area contributed by atoms with Crippen LogP contribution in [0, 0.1) is 0 Å². The number of hydrogen-bond acceptors (Lipinski definition) is 5. The fourth-order valence-electron chi connectivity index (χ4n) is 3.28. The molecule has 0 aliphatic carbocycles. The van der Waals surface area contributed by atoms with E-state index in [2.05, 4.69) is 0 Å². The van der Waals surface area contributed by atoms with Gasteiger partial charge in [-0.3, -0.25) is 9.59 Å². The monoisotopic (exact) mass is 401 g/mol. The van der Waals surface area contributed by atoms with E-state index in [1.165, 1.54) is 7.11 Å². The summed E-state index contributed by atoms with van der Waals surface area (Å²) in [5.41, 5.74) is 1.65. The van der Waals surface area contributed by atoms with Gasteiger partial charge in [0.1, 0.15) is 18.1 Å². The van der Waals surface area contributed by atoms with Crippen molar-refractivity contribution in [2.75, 3.05) is 12.0 Å².